The fourth-order valence-electron chi connectivity index (χ4n) is 10.2. The highest BCUT2D eigenvalue weighted by Gasteiger charge is 2.64. The van der Waals surface area contributed by atoms with Crippen LogP contribution < -0.4 is 0 Å². The summed E-state index contributed by atoms with van der Waals surface area (Å²) >= 11 is 0. The summed E-state index contributed by atoms with van der Waals surface area (Å²) in [5.74, 6) is 2.99. The summed E-state index contributed by atoms with van der Waals surface area (Å²) in [6.07, 6.45) is 10.5. The third kappa shape index (κ3) is 4.65. The summed E-state index contributed by atoms with van der Waals surface area (Å²) in [6, 6.07) is 12.0. The van der Waals surface area contributed by atoms with Gasteiger partial charge in [0.25, 0.3) is 0 Å². The van der Waals surface area contributed by atoms with Gasteiger partial charge in [0.2, 0.25) is 0 Å². The highest BCUT2D eigenvalue weighted by Crippen LogP contribution is 2.67. The first kappa shape index (κ1) is 26.8. The standard InChI is InChI=1S/C33H50N2O3/c1-23(36)38-31-30(35-16-18-37-19-17-35)21-29-27-11-10-25-20-26(34(4)22-24-8-6-5-7-9-24)12-14-32(25,2)28(27)13-15-33(29,31)3/h5-9,25-31H,10-22H2,1-4H3/t25-,26-,27+,28-,29-,30-,31-,32-,33-/m0/s1. The van der Waals surface area contributed by atoms with Crippen molar-refractivity contribution in [3.63, 3.8) is 0 Å². The molecule has 0 bridgehead atoms. The first-order valence-electron chi connectivity index (χ1n) is 15.5. The quantitative estimate of drug-likeness (QED) is 0.459. The number of hydrogen-bond donors (Lipinski definition) is 0. The van der Waals surface area contributed by atoms with Gasteiger partial charge < -0.3 is 9.47 Å². The van der Waals surface area contributed by atoms with Crippen LogP contribution in [-0.4, -0.2) is 67.3 Å². The average Bonchev–Trinajstić information content (AvgIpc) is 3.21. The molecule has 5 fully saturated rings. The molecule has 1 aliphatic heterocycles. The monoisotopic (exact) mass is 522 g/mol. The van der Waals surface area contributed by atoms with Gasteiger partial charge in [-0.15, -0.1) is 0 Å². The summed E-state index contributed by atoms with van der Waals surface area (Å²) in [7, 11) is 2.34. The fraction of sp³-hybridized carbons (Fsp3) is 0.788. The van der Waals surface area contributed by atoms with E-state index in [-0.39, 0.29) is 17.5 Å². The van der Waals surface area contributed by atoms with Crippen LogP contribution in [0.5, 0.6) is 0 Å². The Hall–Kier alpha value is -1.43. The van der Waals surface area contributed by atoms with Gasteiger partial charge in [-0.05, 0) is 93.1 Å². The van der Waals surface area contributed by atoms with Crippen molar-refractivity contribution in [3.05, 3.63) is 35.9 Å². The van der Waals surface area contributed by atoms with Crippen molar-refractivity contribution < 1.29 is 14.3 Å². The normalized spacial score (nSPS) is 43.2. The number of hydrogen-bond acceptors (Lipinski definition) is 5. The van der Waals surface area contributed by atoms with Crippen LogP contribution in [0.1, 0.15) is 77.7 Å². The fourth-order valence-corrected chi connectivity index (χ4v) is 10.2. The van der Waals surface area contributed by atoms with Crippen molar-refractivity contribution in [2.24, 2.45) is 34.5 Å². The van der Waals surface area contributed by atoms with E-state index in [1.165, 1.54) is 56.9 Å². The van der Waals surface area contributed by atoms with Crippen molar-refractivity contribution >= 4 is 5.97 Å². The molecule has 0 aromatic heterocycles. The Balaban J connectivity index is 1.18. The topological polar surface area (TPSA) is 42.0 Å². The second kappa shape index (κ2) is 10.5. The van der Waals surface area contributed by atoms with Crippen LogP contribution >= 0.6 is 0 Å². The first-order valence-corrected chi connectivity index (χ1v) is 15.5. The molecule has 4 aliphatic carbocycles. The molecule has 210 valence electrons. The minimum absolute atomic E-state index is 0.0250. The number of nitrogens with zero attached hydrogens (tertiary/aromatic N) is 2. The van der Waals surface area contributed by atoms with Gasteiger partial charge in [0.15, 0.2) is 0 Å². The van der Waals surface area contributed by atoms with E-state index >= 15 is 0 Å². The second-order valence-electron chi connectivity index (χ2n) is 14.0. The van der Waals surface area contributed by atoms with Crippen LogP contribution in [0, 0.1) is 34.5 Å². The van der Waals surface area contributed by atoms with E-state index in [1.807, 2.05) is 0 Å². The highest BCUT2D eigenvalue weighted by atomic mass is 16.5. The summed E-state index contributed by atoms with van der Waals surface area (Å²) < 4.78 is 11.9. The molecular formula is C33H50N2O3. The minimum Gasteiger partial charge on any atom is -0.460 e. The van der Waals surface area contributed by atoms with Crippen LogP contribution in [0.2, 0.25) is 0 Å². The predicted octanol–water partition coefficient (Wildman–Crippen LogP) is 5.77. The van der Waals surface area contributed by atoms with Crippen molar-refractivity contribution in [1.29, 1.82) is 0 Å². The van der Waals surface area contributed by atoms with Crippen LogP contribution in [0.3, 0.4) is 0 Å². The maximum Gasteiger partial charge on any atom is 0.302 e. The molecule has 1 aromatic carbocycles. The molecule has 0 unspecified atom stereocenters. The summed E-state index contributed by atoms with van der Waals surface area (Å²) in [4.78, 5) is 17.5. The maximum absolute atomic E-state index is 12.3. The van der Waals surface area contributed by atoms with Crippen LogP contribution in [0.15, 0.2) is 30.3 Å². The number of benzene rings is 1. The Morgan fingerprint density at radius 2 is 1.74 bits per heavy atom. The molecule has 5 aliphatic rings. The first-order chi connectivity index (χ1) is 18.3. The summed E-state index contributed by atoms with van der Waals surface area (Å²) in [6.45, 7) is 11.4. The molecule has 0 spiro atoms. The van der Waals surface area contributed by atoms with Gasteiger partial charge in [0.1, 0.15) is 6.10 Å². The van der Waals surface area contributed by atoms with E-state index in [9.17, 15) is 4.79 Å². The molecule has 0 radical (unpaired) electrons. The van der Waals surface area contributed by atoms with Crippen molar-refractivity contribution in [3.8, 4) is 0 Å². The molecule has 9 atom stereocenters. The second-order valence-corrected chi connectivity index (χ2v) is 14.0. The van der Waals surface area contributed by atoms with E-state index < -0.39 is 0 Å². The van der Waals surface area contributed by atoms with Crippen molar-refractivity contribution in [2.75, 3.05) is 33.4 Å². The Kier molecular flexibility index (Phi) is 7.41. The number of rotatable bonds is 5. The van der Waals surface area contributed by atoms with E-state index in [0.29, 0.717) is 23.4 Å². The smallest absolute Gasteiger partial charge is 0.302 e. The molecule has 1 aromatic rings. The van der Waals surface area contributed by atoms with Gasteiger partial charge in [-0.25, -0.2) is 0 Å². The van der Waals surface area contributed by atoms with E-state index in [0.717, 1.165) is 50.6 Å². The molecule has 6 rings (SSSR count). The predicted molar refractivity (Wildman–Crippen MR) is 151 cm³/mol. The molecule has 0 amide bonds. The van der Waals surface area contributed by atoms with Gasteiger partial charge in [0.05, 0.1) is 13.2 Å². The third-order valence-corrected chi connectivity index (χ3v) is 12.3. The van der Waals surface area contributed by atoms with Crippen LogP contribution in [-0.2, 0) is 20.8 Å². The molecule has 5 nitrogen and oxygen atoms in total. The number of carbonyl (C=O) groups is 1. The third-order valence-electron chi connectivity index (χ3n) is 12.3. The maximum atomic E-state index is 12.3. The van der Waals surface area contributed by atoms with Gasteiger partial charge in [-0.2, -0.15) is 0 Å². The molecule has 1 heterocycles. The largest absolute Gasteiger partial charge is 0.460 e. The summed E-state index contributed by atoms with van der Waals surface area (Å²) in [5, 5.41) is 0. The van der Waals surface area contributed by atoms with Crippen LogP contribution in [0.4, 0.5) is 0 Å². The van der Waals surface area contributed by atoms with Crippen molar-refractivity contribution in [2.45, 2.75) is 96.9 Å². The zero-order valence-electron chi connectivity index (χ0n) is 24.2. The highest BCUT2D eigenvalue weighted by molar-refractivity contribution is 5.66. The van der Waals surface area contributed by atoms with Gasteiger partial charge in [0, 0.05) is 44.1 Å². The lowest BCUT2D eigenvalue weighted by Crippen LogP contribution is -2.56. The van der Waals surface area contributed by atoms with E-state index in [2.05, 4.69) is 61.0 Å². The molecule has 4 saturated carbocycles. The number of fused-ring (bicyclic) bond motifs is 5. The molecule has 0 N–H and O–H groups in total. The zero-order valence-corrected chi connectivity index (χ0v) is 24.2. The van der Waals surface area contributed by atoms with Crippen molar-refractivity contribution in [1.82, 2.24) is 9.80 Å². The Morgan fingerprint density at radius 3 is 2.47 bits per heavy atom. The van der Waals surface area contributed by atoms with Gasteiger partial charge in [-0.3, -0.25) is 14.6 Å². The summed E-state index contributed by atoms with van der Waals surface area (Å²) in [5.41, 5.74) is 1.99. The number of ether oxygens (including phenoxy) is 2. The lowest BCUT2D eigenvalue weighted by Gasteiger charge is -2.61. The van der Waals surface area contributed by atoms with E-state index in [4.69, 9.17) is 9.47 Å². The van der Waals surface area contributed by atoms with E-state index in [1.54, 1.807) is 6.92 Å². The number of esters is 1. The average molecular weight is 523 g/mol. The van der Waals surface area contributed by atoms with Gasteiger partial charge in [-0.1, -0.05) is 44.2 Å². The molecular weight excluding hydrogens is 472 g/mol. The number of morpholine rings is 1. The Morgan fingerprint density at radius 1 is 1.00 bits per heavy atom. The minimum atomic E-state index is -0.106. The number of carbonyl (C=O) groups excluding carboxylic acids is 1. The van der Waals surface area contributed by atoms with Gasteiger partial charge >= 0.3 is 5.97 Å². The Bertz CT molecular complexity index is 980. The zero-order chi connectivity index (χ0) is 26.5. The SMILES string of the molecule is CC(=O)O[C@H]1[C@@H](N2CCOCC2)C[C@H]2[C@@H]3CC[C@H]4C[C@@H](N(C)Cc5ccccc5)CC[C@]4(C)[C@H]3CC[C@@]21C. The lowest BCUT2D eigenvalue weighted by atomic mass is 9.45. The van der Waals surface area contributed by atoms with Crippen LogP contribution in [0.25, 0.3) is 0 Å². The molecule has 5 heteroatoms. The molecule has 1 saturated heterocycles. The lowest BCUT2D eigenvalue weighted by molar-refractivity contribution is -0.166. The molecule has 38 heavy (non-hydrogen) atoms. The Labute approximate surface area is 230 Å².